The van der Waals surface area contributed by atoms with Crippen molar-refractivity contribution in [2.45, 2.75) is 19.4 Å². The van der Waals surface area contributed by atoms with Crippen LogP contribution in [0.5, 0.6) is 0 Å². The number of halogens is 2. The molecule has 0 saturated carbocycles. The Morgan fingerprint density at radius 3 is 2.50 bits per heavy atom. The normalized spacial score (nSPS) is 15.3. The highest BCUT2D eigenvalue weighted by molar-refractivity contribution is 9.10. The Balaban J connectivity index is 1.50. The van der Waals surface area contributed by atoms with Crippen molar-refractivity contribution in [3.05, 3.63) is 82.6 Å². The zero-order valence-electron chi connectivity index (χ0n) is 18.1. The lowest BCUT2D eigenvalue weighted by Crippen LogP contribution is -2.57. The second kappa shape index (κ2) is 9.30. The average molecular weight is 497 g/mol. The molecule has 0 aromatic heterocycles. The van der Waals surface area contributed by atoms with Crippen molar-refractivity contribution in [3.63, 3.8) is 0 Å². The first kappa shape index (κ1) is 22.3. The van der Waals surface area contributed by atoms with Crippen LogP contribution in [-0.2, 0) is 0 Å². The van der Waals surface area contributed by atoms with Crippen LogP contribution < -0.4 is 20.9 Å². The zero-order valence-corrected chi connectivity index (χ0v) is 19.7. The number of rotatable bonds is 5. The maximum Gasteiger partial charge on any atom is 0.257 e. The minimum absolute atomic E-state index is 0.0474. The topological polar surface area (TPSA) is 56.4 Å². The molecule has 1 fully saturated rings. The molecule has 32 heavy (non-hydrogen) atoms. The van der Waals surface area contributed by atoms with Gasteiger partial charge in [0.15, 0.2) is 0 Å². The summed E-state index contributed by atoms with van der Waals surface area (Å²) in [7, 11) is 0. The van der Waals surface area contributed by atoms with E-state index in [0.717, 1.165) is 29.8 Å². The van der Waals surface area contributed by atoms with Gasteiger partial charge in [-0.25, -0.2) is 4.39 Å². The van der Waals surface area contributed by atoms with Crippen LogP contribution in [0.15, 0.2) is 71.2 Å². The Kier molecular flexibility index (Phi) is 6.48. The number of amides is 1. The van der Waals surface area contributed by atoms with Crippen molar-refractivity contribution >= 4 is 44.6 Å². The number of carbonyl (C=O) groups excluding carboxylic acids is 1. The van der Waals surface area contributed by atoms with Gasteiger partial charge in [0.05, 0.1) is 16.9 Å². The van der Waals surface area contributed by atoms with Crippen molar-refractivity contribution < 1.29 is 9.18 Å². The second-order valence-corrected chi connectivity index (χ2v) is 9.38. The third-order valence-electron chi connectivity index (χ3n) is 5.41. The van der Waals surface area contributed by atoms with E-state index in [9.17, 15) is 9.18 Å². The largest absolute Gasteiger partial charge is 0.368 e. The molecular formula is C25H26BrFN4O. The summed E-state index contributed by atoms with van der Waals surface area (Å²) in [4.78, 5) is 15.4. The van der Waals surface area contributed by atoms with Gasteiger partial charge in [-0.15, -0.1) is 0 Å². The standard InChI is InChI=1S/C25H26BrFN4O/c1-25(2)16-31(14-13-28-25)23-12-11-19(15-21(23)26)30-24(32)20-5-3-4-6-22(20)29-18-9-7-17(27)8-10-18/h3-12,15,28-29H,13-14,16H2,1-2H3,(H,30,32). The maximum atomic E-state index is 13.2. The molecule has 0 atom stereocenters. The Labute approximate surface area is 196 Å². The van der Waals surface area contributed by atoms with Crippen LogP contribution in [0.4, 0.5) is 27.1 Å². The molecule has 0 spiro atoms. The number of carbonyl (C=O) groups is 1. The molecule has 5 nitrogen and oxygen atoms in total. The van der Waals surface area contributed by atoms with E-state index >= 15 is 0 Å². The SMILES string of the molecule is CC1(C)CN(c2ccc(NC(=O)c3ccccc3Nc3ccc(F)cc3)cc2Br)CCN1. The molecule has 0 unspecified atom stereocenters. The van der Waals surface area contributed by atoms with E-state index < -0.39 is 0 Å². The maximum absolute atomic E-state index is 13.2. The molecule has 3 N–H and O–H groups in total. The highest BCUT2D eigenvalue weighted by atomic mass is 79.9. The van der Waals surface area contributed by atoms with Crippen LogP contribution >= 0.6 is 15.9 Å². The molecule has 1 aliphatic heterocycles. The van der Waals surface area contributed by atoms with Gasteiger partial charge in [0.1, 0.15) is 5.82 Å². The average Bonchev–Trinajstić information content (AvgIpc) is 2.75. The molecule has 7 heteroatoms. The molecule has 1 amide bonds. The van der Waals surface area contributed by atoms with Gasteiger partial charge in [-0.05, 0) is 84.4 Å². The van der Waals surface area contributed by atoms with Gasteiger partial charge in [0.25, 0.3) is 5.91 Å². The fourth-order valence-electron chi connectivity index (χ4n) is 3.87. The summed E-state index contributed by atoms with van der Waals surface area (Å²) in [6.07, 6.45) is 0. The molecule has 4 rings (SSSR count). The second-order valence-electron chi connectivity index (χ2n) is 8.53. The predicted molar refractivity (Wildman–Crippen MR) is 133 cm³/mol. The summed E-state index contributed by atoms with van der Waals surface area (Å²) in [5.41, 5.74) is 3.72. The zero-order chi connectivity index (χ0) is 22.7. The minimum atomic E-state index is -0.306. The monoisotopic (exact) mass is 496 g/mol. The molecule has 3 aromatic rings. The number of nitrogens with one attached hydrogen (secondary N) is 3. The first-order valence-corrected chi connectivity index (χ1v) is 11.3. The third-order valence-corrected chi connectivity index (χ3v) is 6.05. The predicted octanol–water partition coefficient (Wildman–Crippen LogP) is 5.77. The van der Waals surface area contributed by atoms with Gasteiger partial charge in [-0.3, -0.25) is 4.79 Å². The smallest absolute Gasteiger partial charge is 0.257 e. The molecule has 1 saturated heterocycles. The first-order chi connectivity index (χ1) is 15.3. The number of anilines is 4. The summed E-state index contributed by atoms with van der Waals surface area (Å²) in [5.74, 6) is -0.529. The Bertz CT molecular complexity index is 1120. The van der Waals surface area contributed by atoms with Gasteiger partial charge < -0.3 is 20.9 Å². The number of piperazine rings is 1. The number of hydrogen-bond acceptors (Lipinski definition) is 4. The van der Waals surface area contributed by atoms with Gasteiger partial charge in [0, 0.05) is 41.0 Å². The quantitative estimate of drug-likeness (QED) is 0.419. The highest BCUT2D eigenvalue weighted by Crippen LogP contribution is 2.31. The van der Waals surface area contributed by atoms with Crippen molar-refractivity contribution in [2.75, 3.05) is 35.2 Å². The Morgan fingerprint density at radius 1 is 1.06 bits per heavy atom. The van der Waals surface area contributed by atoms with E-state index in [0.29, 0.717) is 22.6 Å². The lowest BCUT2D eigenvalue weighted by molar-refractivity contribution is 0.102. The van der Waals surface area contributed by atoms with Crippen LogP contribution in [0.3, 0.4) is 0 Å². The van der Waals surface area contributed by atoms with Gasteiger partial charge in [0.2, 0.25) is 0 Å². The highest BCUT2D eigenvalue weighted by Gasteiger charge is 2.26. The van der Waals surface area contributed by atoms with E-state index in [4.69, 9.17) is 0 Å². The van der Waals surface area contributed by atoms with Crippen LogP contribution in [0.1, 0.15) is 24.2 Å². The molecular weight excluding hydrogens is 471 g/mol. The van der Waals surface area contributed by atoms with Gasteiger partial charge in [-0.2, -0.15) is 0 Å². The number of para-hydroxylation sites is 1. The Morgan fingerprint density at radius 2 is 1.78 bits per heavy atom. The van der Waals surface area contributed by atoms with Crippen molar-refractivity contribution in [1.29, 1.82) is 0 Å². The lowest BCUT2D eigenvalue weighted by atomic mass is 10.0. The molecule has 0 bridgehead atoms. The van der Waals surface area contributed by atoms with Crippen LogP contribution in [0.2, 0.25) is 0 Å². The fourth-order valence-corrected chi connectivity index (χ4v) is 4.49. The fraction of sp³-hybridized carbons (Fsp3) is 0.240. The molecule has 1 heterocycles. The lowest BCUT2D eigenvalue weighted by Gasteiger charge is -2.40. The molecule has 0 radical (unpaired) electrons. The Hall–Kier alpha value is -2.90. The van der Waals surface area contributed by atoms with Crippen LogP contribution in [-0.4, -0.2) is 31.1 Å². The summed E-state index contributed by atoms with van der Waals surface area (Å²) >= 11 is 3.67. The molecule has 166 valence electrons. The van der Waals surface area contributed by atoms with E-state index in [1.165, 1.54) is 12.1 Å². The van der Waals surface area contributed by atoms with Crippen molar-refractivity contribution in [2.24, 2.45) is 0 Å². The summed E-state index contributed by atoms with van der Waals surface area (Å²) in [6, 6.07) is 19.2. The number of benzene rings is 3. The van der Waals surface area contributed by atoms with Gasteiger partial charge >= 0.3 is 0 Å². The van der Waals surface area contributed by atoms with Crippen molar-refractivity contribution in [1.82, 2.24) is 5.32 Å². The van der Waals surface area contributed by atoms with E-state index in [1.807, 2.05) is 36.4 Å². The molecule has 3 aromatic carbocycles. The summed E-state index contributed by atoms with van der Waals surface area (Å²) in [5, 5.41) is 9.69. The van der Waals surface area contributed by atoms with E-state index in [2.05, 4.69) is 50.6 Å². The van der Waals surface area contributed by atoms with Crippen molar-refractivity contribution in [3.8, 4) is 0 Å². The number of hydrogen-bond donors (Lipinski definition) is 3. The van der Waals surface area contributed by atoms with E-state index in [1.54, 1.807) is 18.2 Å². The summed E-state index contributed by atoms with van der Waals surface area (Å²) < 4.78 is 14.1. The number of nitrogens with zero attached hydrogens (tertiary/aromatic N) is 1. The third kappa shape index (κ3) is 5.29. The molecule has 0 aliphatic carbocycles. The van der Waals surface area contributed by atoms with Crippen LogP contribution in [0, 0.1) is 5.82 Å². The summed E-state index contributed by atoms with van der Waals surface area (Å²) in [6.45, 7) is 7.14. The minimum Gasteiger partial charge on any atom is -0.368 e. The van der Waals surface area contributed by atoms with Gasteiger partial charge in [-0.1, -0.05) is 12.1 Å². The van der Waals surface area contributed by atoms with E-state index in [-0.39, 0.29) is 17.3 Å². The van der Waals surface area contributed by atoms with Crippen LogP contribution in [0.25, 0.3) is 0 Å². The molecule has 1 aliphatic rings. The first-order valence-electron chi connectivity index (χ1n) is 10.5.